The fraction of sp³-hybridized carbons (Fsp3) is 0.500. The molecule has 0 spiro atoms. The Bertz CT molecular complexity index is 559. The van der Waals surface area contributed by atoms with Gasteiger partial charge in [0.25, 0.3) is 0 Å². The lowest BCUT2D eigenvalue weighted by Crippen LogP contribution is -2.24. The second-order valence-electron chi connectivity index (χ2n) is 5.79. The van der Waals surface area contributed by atoms with E-state index in [0.717, 1.165) is 31.9 Å². The van der Waals surface area contributed by atoms with Crippen LogP contribution in [0.4, 0.5) is 0 Å². The van der Waals surface area contributed by atoms with Crippen molar-refractivity contribution in [1.82, 2.24) is 14.5 Å². The lowest BCUT2D eigenvalue weighted by Gasteiger charge is -2.23. The number of imidazole rings is 1. The first-order valence-corrected chi connectivity index (χ1v) is 7.31. The molecule has 0 fully saturated rings. The van der Waals surface area contributed by atoms with Crippen LogP contribution in [0.2, 0.25) is 0 Å². The minimum absolute atomic E-state index is 0.508. The number of rotatable bonds is 4. The highest BCUT2D eigenvalue weighted by atomic mass is 16.5. The van der Waals surface area contributed by atoms with Crippen LogP contribution in [0.5, 0.6) is 5.88 Å². The Labute approximate surface area is 119 Å². The molecule has 0 radical (unpaired) electrons. The van der Waals surface area contributed by atoms with Crippen LogP contribution in [0.3, 0.4) is 0 Å². The number of pyridine rings is 1. The topological polar surface area (TPSA) is 39.9 Å². The van der Waals surface area contributed by atoms with Gasteiger partial charge >= 0.3 is 0 Å². The van der Waals surface area contributed by atoms with Crippen molar-refractivity contribution in [2.75, 3.05) is 6.61 Å². The fourth-order valence-electron chi connectivity index (χ4n) is 2.58. The number of hydrogen-bond donors (Lipinski definition) is 0. The third-order valence-corrected chi connectivity index (χ3v) is 3.94. The smallest absolute Gasteiger partial charge is 0.213 e. The molecule has 0 amide bonds. The molecule has 0 saturated carbocycles. The Morgan fingerprint density at radius 2 is 2.25 bits per heavy atom. The second kappa shape index (κ2) is 5.65. The fourth-order valence-corrected chi connectivity index (χ4v) is 2.58. The SMILES string of the molecule is CC(C)c1ccc(OC[C@H]2CCn3ccnc3C2)nc1. The summed E-state index contributed by atoms with van der Waals surface area (Å²) < 4.78 is 8.05. The van der Waals surface area contributed by atoms with Gasteiger partial charge in [0.15, 0.2) is 0 Å². The van der Waals surface area contributed by atoms with Gasteiger partial charge in [0.2, 0.25) is 5.88 Å². The molecule has 3 rings (SSSR count). The van der Waals surface area contributed by atoms with E-state index in [9.17, 15) is 0 Å². The number of nitrogens with zero attached hydrogens (tertiary/aromatic N) is 3. The summed E-state index contributed by atoms with van der Waals surface area (Å²) in [4.78, 5) is 8.76. The molecule has 1 aliphatic heterocycles. The van der Waals surface area contributed by atoms with Crippen molar-refractivity contribution in [3.63, 3.8) is 0 Å². The van der Waals surface area contributed by atoms with E-state index in [1.807, 2.05) is 18.5 Å². The van der Waals surface area contributed by atoms with Crippen molar-refractivity contribution >= 4 is 0 Å². The summed E-state index contributed by atoms with van der Waals surface area (Å²) >= 11 is 0. The van der Waals surface area contributed by atoms with Crippen LogP contribution in [0.15, 0.2) is 30.7 Å². The molecule has 0 bridgehead atoms. The molecule has 4 nitrogen and oxygen atoms in total. The van der Waals surface area contributed by atoms with E-state index in [0.29, 0.717) is 11.8 Å². The number of hydrogen-bond acceptors (Lipinski definition) is 3. The van der Waals surface area contributed by atoms with Gasteiger partial charge in [-0.05, 0) is 17.9 Å². The molecule has 1 atom stereocenters. The van der Waals surface area contributed by atoms with E-state index in [1.165, 1.54) is 11.4 Å². The largest absolute Gasteiger partial charge is 0.477 e. The Morgan fingerprint density at radius 3 is 3.00 bits per heavy atom. The van der Waals surface area contributed by atoms with Gasteiger partial charge in [-0.15, -0.1) is 0 Å². The van der Waals surface area contributed by atoms with Gasteiger partial charge < -0.3 is 9.30 Å². The van der Waals surface area contributed by atoms with Gasteiger partial charge in [0, 0.05) is 43.5 Å². The summed E-state index contributed by atoms with van der Waals surface area (Å²) in [6, 6.07) is 4.07. The van der Waals surface area contributed by atoms with E-state index < -0.39 is 0 Å². The van der Waals surface area contributed by atoms with Crippen LogP contribution in [0.25, 0.3) is 0 Å². The maximum Gasteiger partial charge on any atom is 0.213 e. The average molecular weight is 271 g/mol. The van der Waals surface area contributed by atoms with Gasteiger partial charge in [-0.25, -0.2) is 9.97 Å². The van der Waals surface area contributed by atoms with Crippen molar-refractivity contribution in [3.05, 3.63) is 42.1 Å². The van der Waals surface area contributed by atoms with Gasteiger partial charge in [-0.1, -0.05) is 19.9 Å². The lowest BCUT2D eigenvalue weighted by molar-refractivity contribution is 0.212. The first-order chi connectivity index (χ1) is 9.72. The number of aromatic nitrogens is 3. The molecule has 2 aromatic rings. The molecule has 1 aliphatic rings. The molecular weight excluding hydrogens is 250 g/mol. The summed E-state index contributed by atoms with van der Waals surface area (Å²) in [6.07, 6.45) is 7.99. The number of fused-ring (bicyclic) bond motifs is 1. The van der Waals surface area contributed by atoms with Crippen LogP contribution in [0, 0.1) is 5.92 Å². The summed E-state index contributed by atoms with van der Waals surface area (Å²) in [5.41, 5.74) is 1.25. The van der Waals surface area contributed by atoms with Gasteiger partial charge in [-0.2, -0.15) is 0 Å². The zero-order chi connectivity index (χ0) is 13.9. The third-order valence-electron chi connectivity index (χ3n) is 3.94. The Hall–Kier alpha value is -1.84. The molecule has 0 unspecified atom stereocenters. The van der Waals surface area contributed by atoms with Crippen molar-refractivity contribution < 1.29 is 4.74 Å². The predicted octanol–water partition coefficient (Wildman–Crippen LogP) is 3.04. The molecule has 2 aromatic heterocycles. The van der Waals surface area contributed by atoms with Crippen molar-refractivity contribution in [1.29, 1.82) is 0 Å². The molecule has 0 saturated heterocycles. The van der Waals surface area contributed by atoms with E-state index in [4.69, 9.17) is 4.74 Å². The Morgan fingerprint density at radius 1 is 1.35 bits per heavy atom. The van der Waals surface area contributed by atoms with Gasteiger partial charge in [0.1, 0.15) is 5.82 Å². The molecular formula is C16H21N3O. The van der Waals surface area contributed by atoms with Crippen molar-refractivity contribution in [2.45, 2.75) is 39.2 Å². The molecule has 4 heteroatoms. The second-order valence-corrected chi connectivity index (χ2v) is 5.79. The monoisotopic (exact) mass is 271 g/mol. The molecule has 20 heavy (non-hydrogen) atoms. The Balaban J connectivity index is 1.55. The molecule has 3 heterocycles. The minimum Gasteiger partial charge on any atom is -0.477 e. The van der Waals surface area contributed by atoms with Gasteiger partial charge in [-0.3, -0.25) is 0 Å². The summed E-state index contributed by atoms with van der Waals surface area (Å²) in [5, 5.41) is 0. The molecule has 0 aliphatic carbocycles. The van der Waals surface area contributed by atoms with E-state index in [-0.39, 0.29) is 0 Å². The van der Waals surface area contributed by atoms with Crippen molar-refractivity contribution in [2.24, 2.45) is 5.92 Å². The lowest BCUT2D eigenvalue weighted by atomic mass is 9.99. The highest BCUT2D eigenvalue weighted by Gasteiger charge is 2.19. The first kappa shape index (κ1) is 13.2. The van der Waals surface area contributed by atoms with Gasteiger partial charge in [0.05, 0.1) is 6.61 Å². The van der Waals surface area contributed by atoms with Crippen LogP contribution in [-0.2, 0) is 13.0 Å². The maximum atomic E-state index is 5.82. The number of ether oxygens (including phenoxy) is 1. The predicted molar refractivity (Wildman–Crippen MR) is 77.9 cm³/mol. The zero-order valence-electron chi connectivity index (χ0n) is 12.1. The number of aryl methyl sites for hydroxylation is 1. The van der Waals surface area contributed by atoms with Crippen molar-refractivity contribution in [3.8, 4) is 5.88 Å². The Kier molecular flexibility index (Phi) is 3.72. The highest BCUT2D eigenvalue weighted by molar-refractivity contribution is 5.20. The third kappa shape index (κ3) is 2.84. The van der Waals surface area contributed by atoms with Crippen LogP contribution in [0.1, 0.15) is 37.6 Å². The normalized spacial score (nSPS) is 18.1. The van der Waals surface area contributed by atoms with E-state index >= 15 is 0 Å². The molecule has 106 valence electrons. The standard InChI is InChI=1S/C16H21N3O/c1-12(2)14-3-4-16(18-10-14)20-11-13-5-7-19-8-6-17-15(19)9-13/h3-4,6,8,10,12-13H,5,7,9,11H2,1-2H3/t13-/m0/s1. The summed E-state index contributed by atoms with van der Waals surface area (Å²) in [6.45, 7) is 6.10. The molecule has 0 aromatic carbocycles. The minimum atomic E-state index is 0.508. The summed E-state index contributed by atoms with van der Waals surface area (Å²) in [5.74, 6) is 2.95. The molecule has 0 N–H and O–H groups in total. The highest BCUT2D eigenvalue weighted by Crippen LogP contribution is 2.21. The van der Waals surface area contributed by atoms with Crippen LogP contribution in [-0.4, -0.2) is 21.1 Å². The average Bonchev–Trinajstić information content (AvgIpc) is 2.93. The quantitative estimate of drug-likeness (QED) is 0.858. The first-order valence-electron chi connectivity index (χ1n) is 7.31. The van der Waals surface area contributed by atoms with Crippen LogP contribution >= 0.6 is 0 Å². The van der Waals surface area contributed by atoms with Crippen LogP contribution < -0.4 is 4.74 Å². The van der Waals surface area contributed by atoms with E-state index in [1.54, 1.807) is 0 Å². The maximum absolute atomic E-state index is 5.82. The van der Waals surface area contributed by atoms with E-state index in [2.05, 4.69) is 40.6 Å². The summed E-state index contributed by atoms with van der Waals surface area (Å²) in [7, 11) is 0. The zero-order valence-corrected chi connectivity index (χ0v) is 12.1.